The SMILES string of the molecule is CCC(=Nc1ccccc1O)C1C(=O)CC(c2ccccc2)CC1=O. The topological polar surface area (TPSA) is 66.7 Å². The molecule has 0 unspecified atom stereocenters. The number of benzene rings is 2. The molecule has 0 radical (unpaired) electrons. The minimum absolute atomic E-state index is 0.0475. The molecule has 0 spiro atoms. The fourth-order valence-electron chi connectivity index (χ4n) is 3.37. The highest BCUT2D eigenvalue weighted by Gasteiger charge is 2.38. The molecule has 0 bridgehead atoms. The lowest BCUT2D eigenvalue weighted by Gasteiger charge is -2.27. The molecule has 0 aromatic heterocycles. The van der Waals surface area contributed by atoms with Gasteiger partial charge < -0.3 is 5.11 Å². The normalized spacial score (nSPS) is 21.4. The lowest BCUT2D eigenvalue weighted by atomic mass is 9.74. The van der Waals surface area contributed by atoms with Crippen LogP contribution in [0.3, 0.4) is 0 Å². The first-order chi connectivity index (χ1) is 12.1. The lowest BCUT2D eigenvalue weighted by molar-refractivity contribution is -0.133. The third kappa shape index (κ3) is 3.68. The lowest BCUT2D eigenvalue weighted by Crippen LogP contribution is -2.37. The van der Waals surface area contributed by atoms with Gasteiger partial charge in [-0.25, -0.2) is 0 Å². The van der Waals surface area contributed by atoms with Crippen LogP contribution in [0.4, 0.5) is 5.69 Å². The van der Waals surface area contributed by atoms with Gasteiger partial charge in [0.25, 0.3) is 0 Å². The van der Waals surface area contributed by atoms with E-state index in [9.17, 15) is 14.7 Å². The number of phenols is 1. The third-order valence-electron chi connectivity index (χ3n) is 4.65. The number of hydrogen-bond acceptors (Lipinski definition) is 4. The molecule has 1 fully saturated rings. The number of phenolic OH excluding ortho intramolecular Hbond substituents is 1. The molecule has 1 aliphatic carbocycles. The highest BCUT2D eigenvalue weighted by molar-refractivity contribution is 6.23. The number of hydrogen-bond donors (Lipinski definition) is 1. The number of para-hydroxylation sites is 2. The quantitative estimate of drug-likeness (QED) is 0.672. The van der Waals surface area contributed by atoms with E-state index in [1.807, 2.05) is 37.3 Å². The van der Waals surface area contributed by atoms with Crippen molar-refractivity contribution in [1.82, 2.24) is 0 Å². The molecule has 3 rings (SSSR count). The van der Waals surface area contributed by atoms with Gasteiger partial charge in [-0.05, 0) is 30.0 Å². The zero-order valence-corrected chi connectivity index (χ0v) is 14.2. The molecule has 0 saturated heterocycles. The average molecular weight is 335 g/mol. The standard InChI is InChI=1S/C21H21NO3/c1-2-16(22-17-10-6-7-11-18(17)23)21-19(24)12-15(13-20(21)25)14-8-4-3-5-9-14/h3-11,15,21,23H,2,12-13H2,1H3. The van der Waals surface area contributed by atoms with Gasteiger partial charge in [-0.2, -0.15) is 0 Å². The van der Waals surface area contributed by atoms with Crippen molar-refractivity contribution in [3.8, 4) is 5.75 Å². The first kappa shape index (κ1) is 17.1. The Labute approximate surface area is 147 Å². The average Bonchev–Trinajstić information content (AvgIpc) is 2.62. The summed E-state index contributed by atoms with van der Waals surface area (Å²) in [5.74, 6) is -0.959. The molecule has 2 aromatic rings. The van der Waals surface area contributed by atoms with Crippen LogP contribution in [0.5, 0.6) is 5.75 Å². The van der Waals surface area contributed by atoms with Crippen molar-refractivity contribution in [2.45, 2.75) is 32.1 Å². The molecule has 1 saturated carbocycles. The third-order valence-corrected chi connectivity index (χ3v) is 4.65. The van der Waals surface area contributed by atoms with Crippen molar-refractivity contribution in [3.63, 3.8) is 0 Å². The van der Waals surface area contributed by atoms with Gasteiger partial charge in [0.2, 0.25) is 0 Å². The van der Waals surface area contributed by atoms with Crippen molar-refractivity contribution in [2.75, 3.05) is 0 Å². The second-order valence-electron chi connectivity index (χ2n) is 6.33. The Hall–Kier alpha value is -2.75. The molecule has 25 heavy (non-hydrogen) atoms. The predicted octanol–water partition coefficient (Wildman–Crippen LogP) is 4.21. The first-order valence-corrected chi connectivity index (χ1v) is 8.56. The molecule has 4 nitrogen and oxygen atoms in total. The summed E-state index contributed by atoms with van der Waals surface area (Å²) < 4.78 is 0. The first-order valence-electron chi connectivity index (χ1n) is 8.56. The van der Waals surface area contributed by atoms with E-state index in [2.05, 4.69) is 4.99 Å². The Bertz CT molecular complexity index is 793. The van der Waals surface area contributed by atoms with Gasteiger partial charge in [0.05, 0.1) is 0 Å². The molecule has 0 amide bonds. The van der Waals surface area contributed by atoms with Gasteiger partial charge >= 0.3 is 0 Å². The highest BCUT2D eigenvalue weighted by Crippen LogP contribution is 2.34. The number of ketones is 2. The second kappa shape index (κ2) is 7.43. The largest absolute Gasteiger partial charge is 0.506 e. The van der Waals surface area contributed by atoms with Crippen LogP contribution in [-0.4, -0.2) is 22.4 Å². The van der Waals surface area contributed by atoms with Gasteiger partial charge in [0.1, 0.15) is 28.9 Å². The predicted molar refractivity (Wildman–Crippen MR) is 97.4 cm³/mol. The number of carbonyl (C=O) groups excluding carboxylic acids is 2. The minimum atomic E-state index is -0.787. The van der Waals surface area contributed by atoms with Crippen LogP contribution < -0.4 is 0 Å². The van der Waals surface area contributed by atoms with Gasteiger partial charge in [0.15, 0.2) is 0 Å². The molecule has 4 heteroatoms. The van der Waals surface area contributed by atoms with Crippen molar-refractivity contribution >= 4 is 23.0 Å². The van der Waals surface area contributed by atoms with Gasteiger partial charge in [-0.3, -0.25) is 14.6 Å². The Morgan fingerprint density at radius 2 is 1.60 bits per heavy atom. The summed E-state index contributed by atoms with van der Waals surface area (Å²) in [4.78, 5) is 29.8. The molecule has 0 aliphatic heterocycles. The summed E-state index contributed by atoms with van der Waals surface area (Å²) in [6.07, 6.45) is 1.19. The smallest absolute Gasteiger partial charge is 0.149 e. The zero-order valence-electron chi connectivity index (χ0n) is 14.2. The van der Waals surface area contributed by atoms with Crippen molar-refractivity contribution < 1.29 is 14.7 Å². The number of aliphatic imine (C=N–C) groups is 1. The summed E-state index contributed by atoms with van der Waals surface area (Å²) in [6.45, 7) is 1.88. The van der Waals surface area contributed by atoms with Crippen LogP contribution in [0.2, 0.25) is 0 Å². The molecule has 0 heterocycles. The van der Waals surface area contributed by atoms with E-state index < -0.39 is 5.92 Å². The van der Waals surface area contributed by atoms with E-state index in [1.54, 1.807) is 24.3 Å². The molecule has 0 atom stereocenters. The van der Waals surface area contributed by atoms with Crippen LogP contribution in [-0.2, 0) is 9.59 Å². The number of rotatable bonds is 4. The van der Waals surface area contributed by atoms with Gasteiger partial charge in [-0.15, -0.1) is 0 Å². The number of Topliss-reactive ketones (excluding diaryl/α,β-unsaturated/α-hetero) is 2. The molecular weight excluding hydrogens is 314 g/mol. The summed E-state index contributed by atoms with van der Waals surface area (Å²) in [6, 6.07) is 16.4. The second-order valence-corrected chi connectivity index (χ2v) is 6.33. The maximum Gasteiger partial charge on any atom is 0.149 e. The van der Waals surface area contributed by atoms with Crippen LogP contribution in [0.1, 0.15) is 37.7 Å². The molecule has 2 aromatic carbocycles. The molecule has 128 valence electrons. The van der Waals surface area contributed by atoms with Crippen LogP contribution >= 0.6 is 0 Å². The van der Waals surface area contributed by atoms with E-state index in [0.717, 1.165) is 5.56 Å². The Morgan fingerprint density at radius 1 is 1.00 bits per heavy atom. The Kier molecular flexibility index (Phi) is 5.08. The summed E-state index contributed by atoms with van der Waals surface area (Å²) >= 11 is 0. The fourth-order valence-corrected chi connectivity index (χ4v) is 3.37. The van der Waals surface area contributed by atoms with Crippen molar-refractivity contribution in [2.24, 2.45) is 10.9 Å². The van der Waals surface area contributed by atoms with Crippen LogP contribution in [0.15, 0.2) is 59.6 Å². The molecule has 1 N–H and O–H groups in total. The van der Waals surface area contributed by atoms with E-state index in [-0.39, 0.29) is 23.2 Å². The van der Waals surface area contributed by atoms with E-state index in [1.165, 1.54) is 0 Å². The maximum absolute atomic E-state index is 12.7. The summed E-state index contributed by atoms with van der Waals surface area (Å²) in [7, 11) is 0. The van der Waals surface area contributed by atoms with Crippen molar-refractivity contribution in [1.29, 1.82) is 0 Å². The fraction of sp³-hybridized carbons (Fsp3) is 0.286. The van der Waals surface area contributed by atoms with Crippen molar-refractivity contribution in [3.05, 3.63) is 60.2 Å². The maximum atomic E-state index is 12.7. The number of aromatic hydroxyl groups is 1. The van der Waals surface area contributed by atoms with E-state index >= 15 is 0 Å². The molecular formula is C21H21NO3. The van der Waals surface area contributed by atoms with E-state index in [0.29, 0.717) is 30.7 Å². The Morgan fingerprint density at radius 3 is 2.20 bits per heavy atom. The van der Waals surface area contributed by atoms with Crippen LogP contribution in [0, 0.1) is 5.92 Å². The monoisotopic (exact) mass is 335 g/mol. The van der Waals surface area contributed by atoms with Crippen LogP contribution in [0.25, 0.3) is 0 Å². The summed E-state index contributed by atoms with van der Waals surface area (Å²) in [5, 5.41) is 9.90. The zero-order chi connectivity index (χ0) is 17.8. The summed E-state index contributed by atoms with van der Waals surface area (Å²) in [5.41, 5.74) is 1.95. The highest BCUT2D eigenvalue weighted by atomic mass is 16.3. The Balaban J connectivity index is 1.86. The van der Waals surface area contributed by atoms with E-state index in [4.69, 9.17) is 0 Å². The van der Waals surface area contributed by atoms with Gasteiger partial charge in [-0.1, -0.05) is 49.4 Å². The minimum Gasteiger partial charge on any atom is -0.506 e. The van der Waals surface area contributed by atoms with Gasteiger partial charge in [0, 0.05) is 18.6 Å². The number of nitrogens with zero attached hydrogens (tertiary/aromatic N) is 1. The number of carbonyl (C=O) groups is 2. The molecule has 1 aliphatic rings.